The zero-order chi connectivity index (χ0) is 21.5. The van der Waals surface area contributed by atoms with Gasteiger partial charge in [-0.15, -0.1) is 0 Å². The largest absolute Gasteiger partial charge is 0.494 e. The number of pyridine rings is 1. The predicted octanol–water partition coefficient (Wildman–Crippen LogP) is 6.77. The van der Waals surface area contributed by atoms with Gasteiger partial charge in [0, 0.05) is 40.6 Å². The first-order valence-electron chi connectivity index (χ1n) is 9.76. The van der Waals surface area contributed by atoms with E-state index in [4.69, 9.17) is 27.0 Å². The standard InChI is InChI=1S/C24H23IN2O2S/c1-3-28-21-13-18(12-19(25)14-21)23-16-27(2)15-22(24(23)30)17-6-8-20(9-7-17)29-11-5-4-10-26/h6-9,12-16H,3-5,11H2,1-2H3. The van der Waals surface area contributed by atoms with Crippen molar-refractivity contribution >= 4 is 34.8 Å². The Balaban J connectivity index is 1.94. The zero-order valence-corrected chi connectivity index (χ0v) is 20.0. The Morgan fingerprint density at radius 2 is 1.70 bits per heavy atom. The van der Waals surface area contributed by atoms with Crippen LogP contribution in [0.3, 0.4) is 0 Å². The summed E-state index contributed by atoms with van der Waals surface area (Å²) in [7, 11) is 2.01. The van der Waals surface area contributed by atoms with E-state index in [-0.39, 0.29) is 0 Å². The second kappa shape index (κ2) is 10.6. The Labute approximate surface area is 196 Å². The summed E-state index contributed by atoms with van der Waals surface area (Å²) in [5, 5.41) is 8.61. The number of hydrogen-bond acceptors (Lipinski definition) is 4. The summed E-state index contributed by atoms with van der Waals surface area (Å²) in [5.74, 6) is 1.64. The molecule has 0 aliphatic carbocycles. The monoisotopic (exact) mass is 530 g/mol. The first-order chi connectivity index (χ1) is 14.5. The van der Waals surface area contributed by atoms with E-state index in [9.17, 15) is 0 Å². The molecule has 30 heavy (non-hydrogen) atoms. The number of unbranched alkanes of at least 4 members (excludes halogenated alkanes) is 1. The molecule has 0 fully saturated rings. The van der Waals surface area contributed by atoms with Gasteiger partial charge in [-0.2, -0.15) is 5.26 Å². The maximum Gasteiger partial charge on any atom is 0.120 e. The van der Waals surface area contributed by atoms with E-state index in [0.717, 1.165) is 48.3 Å². The topological polar surface area (TPSA) is 47.2 Å². The molecule has 4 nitrogen and oxygen atoms in total. The highest BCUT2D eigenvalue weighted by atomic mass is 127. The molecule has 1 aromatic heterocycles. The molecule has 0 atom stereocenters. The van der Waals surface area contributed by atoms with E-state index in [2.05, 4.69) is 40.9 Å². The first kappa shape index (κ1) is 22.3. The van der Waals surface area contributed by atoms with Crippen LogP contribution >= 0.6 is 34.8 Å². The number of ether oxygens (including phenoxy) is 2. The summed E-state index contributed by atoms with van der Waals surface area (Å²) in [6, 6.07) is 16.2. The molecule has 0 aliphatic rings. The lowest BCUT2D eigenvalue weighted by atomic mass is 10.0. The molecule has 0 saturated heterocycles. The molecule has 0 radical (unpaired) electrons. The molecule has 0 saturated carbocycles. The Morgan fingerprint density at radius 3 is 2.37 bits per heavy atom. The van der Waals surface area contributed by atoms with Gasteiger partial charge in [0.25, 0.3) is 0 Å². The summed E-state index contributed by atoms with van der Waals surface area (Å²) in [6.45, 7) is 3.15. The maximum atomic E-state index is 8.61. The second-order valence-electron chi connectivity index (χ2n) is 6.82. The van der Waals surface area contributed by atoms with Crippen molar-refractivity contribution in [1.82, 2.24) is 4.57 Å². The molecular formula is C24H23IN2O2S. The van der Waals surface area contributed by atoms with Gasteiger partial charge in [0.15, 0.2) is 0 Å². The molecular weight excluding hydrogens is 507 g/mol. The van der Waals surface area contributed by atoms with Crippen molar-refractivity contribution in [1.29, 1.82) is 5.26 Å². The second-order valence-corrected chi connectivity index (χ2v) is 8.48. The van der Waals surface area contributed by atoms with Crippen molar-refractivity contribution in [3.8, 4) is 39.8 Å². The Bertz CT molecular complexity index is 1120. The van der Waals surface area contributed by atoms with Gasteiger partial charge >= 0.3 is 0 Å². The van der Waals surface area contributed by atoms with Crippen LogP contribution in [0.25, 0.3) is 22.3 Å². The highest BCUT2D eigenvalue weighted by Crippen LogP contribution is 2.32. The minimum absolute atomic E-state index is 0.504. The minimum Gasteiger partial charge on any atom is -0.494 e. The molecule has 0 N–H and O–H groups in total. The molecule has 3 aromatic rings. The van der Waals surface area contributed by atoms with Crippen molar-refractivity contribution in [2.24, 2.45) is 7.05 Å². The Morgan fingerprint density at radius 1 is 1.00 bits per heavy atom. The SMILES string of the molecule is CCOc1cc(I)cc(-c2cn(C)cc(-c3ccc(OCCCC#N)cc3)c2=S)c1. The number of benzene rings is 2. The van der Waals surface area contributed by atoms with Crippen LogP contribution in [0.4, 0.5) is 0 Å². The van der Waals surface area contributed by atoms with E-state index in [1.807, 2.05) is 61.1 Å². The Kier molecular flexibility index (Phi) is 7.88. The van der Waals surface area contributed by atoms with Gasteiger partial charge < -0.3 is 14.0 Å². The maximum absolute atomic E-state index is 8.61. The van der Waals surface area contributed by atoms with E-state index in [1.165, 1.54) is 0 Å². The third-order valence-electron chi connectivity index (χ3n) is 4.51. The quantitative estimate of drug-likeness (QED) is 0.183. The van der Waals surface area contributed by atoms with Crippen LogP contribution in [0.2, 0.25) is 0 Å². The summed E-state index contributed by atoms with van der Waals surface area (Å²) >= 11 is 8.19. The summed E-state index contributed by atoms with van der Waals surface area (Å²) in [4.78, 5) is 0. The molecule has 154 valence electrons. The third-order valence-corrected chi connectivity index (χ3v) is 5.58. The first-order valence-corrected chi connectivity index (χ1v) is 11.2. The van der Waals surface area contributed by atoms with Crippen LogP contribution in [0.1, 0.15) is 19.8 Å². The predicted molar refractivity (Wildman–Crippen MR) is 131 cm³/mol. The third kappa shape index (κ3) is 5.61. The molecule has 6 heteroatoms. The molecule has 0 unspecified atom stereocenters. The van der Waals surface area contributed by atoms with Gasteiger partial charge in [0.05, 0.1) is 23.8 Å². The van der Waals surface area contributed by atoms with Crippen LogP contribution in [0.5, 0.6) is 11.5 Å². The van der Waals surface area contributed by atoms with Gasteiger partial charge in [-0.25, -0.2) is 0 Å². The van der Waals surface area contributed by atoms with Gasteiger partial charge in [0.2, 0.25) is 0 Å². The minimum atomic E-state index is 0.504. The van der Waals surface area contributed by atoms with Crippen molar-refractivity contribution in [3.05, 3.63) is 62.9 Å². The molecule has 1 heterocycles. The number of nitrogens with zero attached hydrogens (tertiary/aromatic N) is 2. The summed E-state index contributed by atoms with van der Waals surface area (Å²) < 4.78 is 15.4. The van der Waals surface area contributed by atoms with Crippen LogP contribution in [-0.2, 0) is 7.05 Å². The van der Waals surface area contributed by atoms with Crippen LogP contribution in [0.15, 0.2) is 54.9 Å². The number of hydrogen-bond donors (Lipinski definition) is 0. The number of aryl methyl sites for hydroxylation is 1. The lowest BCUT2D eigenvalue weighted by Gasteiger charge is -2.13. The van der Waals surface area contributed by atoms with E-state index < -0.39 is 0 Å². The van der Waals surface area contributed by atoms with Crippen molar-refractivity contribution in [2.45, 2.75) is 19.8 Å². The average molecular weight is 530 g/mol. The normalized spacial score (nSPS) is 10.5. The van der Waals surface area contributed by atoms with Gasteiger partial charge in [-0.1, -0.05) is 24.4 Å². The van der Waals surface area contributed by atoms with Gasteiger partial charge in [-0.3, -0.25) is 0 Å². The Hall–Kier alpha value is -2.37. The number of halogens is 1. The van der Waals surface area contributed by atoms with Crippen molar-refractivity contribution < 1.29 is 9.47 Å². The fraction of sp³-hybridized carbons (Fsp3) is 0.250. The average Bonchev–Trinajstić information content (AvgIpc) is 2.73. The molecule has 0 amide bonds. The fourth-order valence-electron chi connectivity index (χ4n) is 3.16. The zero-order valence-electron chi connectivity index (χ0n) is 17.0. The summed E-state index contributed by atoms with van der Waals surface area (Å²) in [5.41, 5.74) is 4.09. The van der Waals surface area contributed by atoms with Crippen molar-refractivity contribution in [3.63, 3.8) is 0 Å². The molecule has 0 aliphatic heterocycles. The highest BCUT2D eigenvalue weighted by molar-refractivity contribution is 14.1. The molecule has 2 aromatic carbocycles. The van der Waals surface area contributed by atoms with Crippen molar-refractivity contribution in [2.75, 3.05) is 13.2 Å². The fourth-order valence-corrected chi connectivity index (χ4v) is 4.14. The smallest absolute Gasteiger partial charge is 0.120 e. The lowest BCUT2D eigenvalue weighted by Crippen LogP contribution is -1.98. The highest BCUT2D eigenvalue weighted by Gasteiger charge is 2.10. The molecule has 0 bridgehead atoms. The molecule has 0 spiro atoms. The number of aromatic nitrogens is 1. The lowest BCUT2D eigenvalue weighted by molar-refractivity contribution is 0.313. The summed E-state index contributed by atoms with van der Waals surface area (Å²) in [6.07, 6.45) is 5.34. The van der Waals surface area contributed by atoms with E-state index in [0.29, 0.717) is 19.6 Å². The number of rotatable bonds is 8. The molecule has 3 rings (SSSR count). The van der Waals surface area contributed by atoms with Crippen LogP contribution < -0.4 is 9.47 Å². The van der Waals surface area contributed by atoms with Crippen LogP contribution in [0, 0.1) is 19.4 Å². The van der Waals surface area contributed by atoms with Gasteiger partial charge in [-0.05, 0) is 77.4 Å². The number of nitriles is 1. The van der Waals surface area contributed by atoms with E-state index in [1.54, 1.807) is 0 Å². The van der Waals surface area contributed by atoms with Gasteiger partial charge in [0.1, 0.15) is 11.5 Å². The van der Waals surface area contributed by atoms with Crippen LogP contribution in [-0.4, -0.2) is 17.8 Å². The van der Waals surface area contributed by atoms with E-state index >= 15 is 0 Å².